The van der Waals surface area contributed by atoms with Gasteiger partial charge in [-0.15, -0.1) is 0 Å². The average molecular weight is 260 g/mol. The molecule has 0 aromatic heterocycles. The van der Waals surface area contributed by atoms with Crippen molar-refractivity contribution in [1.29, 1.82) is 0 Å². The molecule has 0 radical (unpaired) electrons. The number of benzene rings is 1. The molecule has 0 N–H and O–H groups in total. The van der Waals surface area contributed by atoms with Crippen LogP contribution in [0.2, 0.25) is 0 Å². The summed E-state index contributed by atoms with van der Waals surface area (Å²) in [5.41, 5.74) is -0.172. The largest absolute Gasteiger partial charge is 0.416 e. The van der Waals surface area contributed by atoms with Crippen molar-refractivity contribution in [1.82, 2.24) is 4.10 Å². The number of halogens is 5. The van der Waals surface area contributed by atoms with Gasteiger partial charge in [0, 0.05) is 23.6 Å². The van der Waals surface area contributed by atoms with Crippen LogP contribution in [0.4, 0.5) is 13.2 Å². The lowest BCUT2D eigenvalue weighted by molar-refractivity contribution is -0.137. The van der Waals surface area contributed by atoms with Gasteiger partial charge in [-0.1, -0.05) is 12.1 Å². The van der Waals surface area contributed by atoms with Gasteiger partial charge in [0.25, 0.3) is 0 Å². The summed E-state index contributed by atoms with van der Waals surface area (Å²) in [6, 6.07) is 4.51. The summed E-state index contributed by atoms with van der Waals surface area (Å²) in [7, 11) is 0. The minimum atomic E-state index is -4.33. The van der Waals surface area contributed by atoms with E-state index in [1.54, 1.807) is 0 Å². The Labute approximate surface area is 94.3 Å². The first-order chi connectivity index (χ1) is 6.89. The molecule has 15 heavy (non-hydrogen) atoms. The first-order valence-electron chi connectivity index (χ1n) is 3.80. The monoisotopic (exact) mass is 259 g/mol. The maximum atomic E-state index is 12.2. The van der Waals surface area contributed by atoms with Crippen molar-refractivity contribution in [2.24, 2.45) is 0 Å². The van der Waals surface area contributed by atoms with Crippen LogP contribution in [0.5, 0.6) is 0 Å². The molecule has 0 unspecified atom stereocenters. The number of hydrogen-bond acceptors (Lipinski definition) is 2. The highest BCUT2D eigenvalue weighted by atomic mass is 35.5. The van der Waals surface area contributed by atoms with Crippen LogP contribution in [0.3, 0.4) is 0 Å². The molecule has 0 saturated heterocycles. The fraction of sp³-hybridized carbons (Fsp3) is 0.250. The van der Waals surface area contributed by atoms with Crippen molar-refractivity contribution in [2.45, 2.75) is 12.8 Å². The standard InChI is InChI=1S/C8H6Cl2F3NO/c9-14(10)15-5-6-1-3-7(4-2-6)8(11,12)13/h1-4H,5H2. The zero-order valence-corrected chi connectivity index (χ0v) is 8.77. The summed E-state index contributed by atoms with van der Waals surface area (Å²) in [5, 5.41) is 0. The van der Waals surface area contributed by atoms with Crippen LogP contribution < -0.4 is 0 Å². The van der Waals surface area contributed by atoms with Crippen LogP contribution in [0.1, 0.15) is 11.1 Å². The van der Waals surface area contributed by atoms with E-state index in [1.807, 2.05) is 0 Å². The molecule has 0 aliphatic carbocycles. The van der Waals surface area contributed by atoms with Gasteiger partial charge in [-0.25, -0.2) is 0 Å². The van der Waals surface area contributed by atoms with Gasteiger partial charge in [-0.05, 0) is 21.8 Å². The van der Waals surface area contributed by atoms with Gasteiger partial charge < -0.3 is 0 Å². The predicted molar refractivity (Wildman–Crippen MR) is 49.8 cm³/mol. The fourth-order valence-electron chi connectivity index (χ4n) is 0.913. The van der Waals surface area contributed by atoms with E-state index < -0.39 is 11.7 Å². The number of alkyl halides is 3. The molecule has 0 aliphatic heterocycles. The average Bonchev–Trinajstić information content (AvgIpc) is 2.14. The molecule has 0 atom stereocenters. The van der Waals surface area contributed by atoms with Gasteiger partial charge in [-0.2, -0.15) is 13.2 Å². The van der Waals surface area contributed by atoms with E-state index in [2.05, 4.69) is 4.84 Å². The van der Waals surface area contributed by atoms with E-state index in [-0.39, 0.29) is 6.61 Å². The van der Waals surface area contributed by atoms with Gasteiger partial charge in [0.2, 0.25) is 0 Å². The molecule has 1 aromatic rings. The molecule has 1 rings (SSSR count). The van der Waals surface area contributed by atoms with Gasteiger partial charge in [0.05, 0.1) is 12.2 Å². The van der Waals surface area contributed by atoms with E-state index in [4.69, 9.17) is 23.6 Å². The highest BCUT2D eigenvalue weighted by Gasteiger charge is 2.29. The number of rotatable bonds is 3. The van der Waals surface area contributed by atoms with Crippen LogP contribution in [-0.4, -0.2) is 4.10 Å². The Morgan fingerprint density at radius 3 is 2.07 bits per heavy atom. The van der Waals surface area contributed by atoms with Gasteiger partial charge in [0.15, 0.2) is 0 Å². The molecule has 0 fully saturated rings. The summed E-state index contributed by atoms with van der Waals surface area (Å²) in [6.45, 7) is 0.00510. The van der Waals surface area contributed by atoms with Gasteiger partial charge in [-0.3, -0.25) is 4.84 Å². The maximum Gasteiger partial charge on any atom is 0.416 e. The minimum absolute atomic E-state index is 0.00510. The molecule has 2 nitrogen and oxygen atoms in total. The minimum Gasteiger partial charge on any atom is -0.264 e. The molecule has 84 valence electrons. The highest BCUT2D eigenvalue weighted by Crippen LogP contribution is 2.29. The quantitative estimate of drug-likeness (QED) is 0.606. The highest BCUT2D eigenvalue weighted by molar-refractivity contribution is 6.32. The first kappa shape index (κ1) is 12.6. The van der Waals surface area contributed by atoms with Crippen LogP contribution in [0, 0.1) is 0 Å². The molecule has 0 saturated carbocycles. The van der Waals surface area contributed by atoms with Crippen LogP contribution in [0.25, 0.3) is 0 Å². The smallest absolute Gasteiger partial charge is 0.264 e. The molecule has 7 heteroatoms. The summed E-state index contributed by atoms with van der Waals surface area (Å²) in [4.78, 5) is 4.64. The molecule has 0 spiro atoms. The Kier molecular flexibility index (Phi) is 4.21. The third-order valence-electron chi connectivity index (χ3n) is 1.61. The maximum absolute atomic E-state index is 12.2. The molecular formula is C8H6Cl2F3NO. The van der Waals surface area contributed by atoms with E-state index in [1.165, 1.54) is 12.1 Å². The van der Waals surface area contributed by atoms with Crippen molar-refractivity contribution in [2.75, 3.05) is 0 Å². The molecule has 0 aliphatic rings. The van der Waals surface area contributed by atoms with Gasteiger partial charge >= 0.3 is 6.18 Å². The Balaban J connectivity index is 2.65. The Hall–Kier alpha value is -0.490. The third kappa shape index (κ3) is 4.25. The van der Waals surface area contributed by atoms with E-state index in [9.17, 15) is 13.2 Å². The van der Waals surface area contributed by atoms with Crippen LogP contribution >= 0.6 is 23.6 Å². The topological polar surface area (TPSA) is 12.5 Å². The lowest BCUT2D eigenvalue weighted by Gasteiger charge is -2.08. The number of nitrogens with zero attached hydrogens (tertiary/aromatic N) is 1. The molecule has 1 aromatic carbocycles. The molecule has 0 bridgehead atoms. The first-order valence-corrected chi connectivity index (χ1v) is 4.48. The lowest BCUT2D eigenvalue weighted by Crippen LogP contribution is -2.05. The van der Waals surface area contributed by atoms with Crippen molar-refractivity contribution < 1.29 is 18.0 Å². The van der Waals surface area contributed by atoms with Crippen molar-refractivity contribution >= 4 is 23.6 Å². The van der Waals surface area contributed by atoms with Crippen molar-refractivity contribution in [3.63, 3.8) is 0 Å². The number of hydrogen-bond donors (Lipinski definition) is 0. The second-order valence-electron chi connectivity index (χ2n) is 2.67. The second kappa shape index (κ2) is 5.03. The SMILES string of the molecule is FC(F)(F)c1ccc(CON(Cl)Cl)cc1. The lowest BCUT2D eigenvalue weighted by atomic mass is 10.1. The molecule has 0 heterocycles. The fourth-order valence-corrected chi connectivity index (χ4v) is 1.01. The second-order valence-corrected chi connectivity index (χ2v) is 3.46. The normalized spacial score (nSPS) is 12.1. The zero-order chi connectivity index (χ0) is 11.5. The van der Waals surface area contributed by atoms with Crippen LogP contribution in [0.15, 0.2) is 24.3 Å². The van der Waals surface area contributed by atoms with Crippen LogP contribution in [-0.2, 0) is 17.6 Å². The van der Waals surface area contributed by atoms with Crippen molar-refractivity contribution in [3.8, 4) is 0 Å². The van der Waals surface area contributed by atoms with E-state index in [0.717, 1.165) is 12.1 Å². The Morgan fingerprint density at radius 1 is 1.13 bits per heavy atom. The Morgan fingerprint density at radius 2 is 1.67 bits per heavy atom. The van der Waals surface area contributed by atoms with Crippen molar-refractivity contribution in [3.05, 3.63) is 35.4 Å². The van der Waals surface area contributed by atoms with E-state index in [0.29, 0.717) is 9.66 Å². The molecule has 0 amide bonds. The Bertz CT molecular complexity index is 313. The van der Waals surface area contributed by atoms with E-state index >= 15 is 0 Å². The summed E-state index contributed by atoms with van der Waals surface area (Å²) in [6.07, 6.45) is -4.33. The summed E-state index contributed by atoms with van der Waals surface area (Å²) >= 11 is 10.3. The summed E-state index contributed by atoms with van der Waals surface area (Å²) < 4.78 is 36.9. The van der Waals surface area contributed by atoms with Gasteiger partial charge in [0.1, 0.15) is 0 Å². The summed E-state index contributed by atoms with van der Waals surface area (Å²) in [5.74, 6) is 0. The third-order valence-corrected chi connectivity index (χ3v) is 1.81. The zero-order valence-electron chi connectivity index (χ0n) is 7.26. The molecular weight excluding hydrogens is 254 g/mol. The predicted octanol–water partition coefficient (Wildman–Crippen LogP) is 3.75.